The Labute approximate surface area is 212 Å². The van der Waals surface area contributed by atoms with Crippen LogP contribution >= 0.6 is 0 Å². The van der Waals surface area contributed by atoms with Crippen molar-refractivity contribution in [2.75, 3.05) is 26.2 Å². The lowest BCUT2D eigenvalue weighted by Crippen LogP contribution is -2.48. The number of amides is 1. The fraction of sp³-hybridized carbons (Fsp3) is 0.172. The van der Waals surface area contributed by atoms with Crippen LogP contribution in [-0.4, -0.2) is 56.8 Å². The standard InChI is InChI=1S/C29H24FN5O2/c30-20-11-9-19(10-12-20)26-17-23(21-5-1-3-7-24(21)31-26)29(37)35-15-13-34(14-16-35)18-27-32-25-8-4-2-6-22(25)28(36)33-27/h1-12,17H,13-16,18H2,(H,32,33,36). The van der Waals surface area contributed by atoms with Gasteiger partial charge in [-0.2, -0.15) is 0 Å². The Bertz CT molecular complexity index is 1670. The molecule has 1 saturated heterocycles. The third-order valence-corrected chi connectivity index (χ3v) is 6.78. The maximum Gasteiger partial charge on any atom is 0.258 e. The quantitative estimate of drug-likeness (QED) is 0.405. The summed E-state index contributed by atoms with van der Waals surface area (Å²) in [4.78, 5) is 42.3. The van der Waals surface area contributed by atoms with Crippen molar-refractivity contribution in [1.82, 2.24) is 24.8 Å². The van der Waals surface area contributed by atoms with E-state index in [4.69, 9.17) is 4.98 Å². The molecule has 0 radical (unpaired) electrons. The Kier molecular flexibility index (Phi) is 5.94. The van der Waals surface area contributed by atoms with E-state index in [2.05, 4.69) is 14.9 Å². The van der Waals surface area contributed by atoms with Crippen LogP contribution in [0.2, 0.25) is 0 Å². The summed E-state index contributed by atoms with van der Waals surface area (Å²) in [5.41, 5.74) is 3.22. The van der Waals surface area contributed by atoms with Crippen molar-refractivity contribution in [2.45, 2.75) is 6.54 Å². The summed E-state index contributed by atoms with van der Waals surface area (Å²) in [6.07, 6.45) is 0. The normalized spacial score (nSPS) is 14.4. The highest BCUT2D eigenvalue weighted by Gasteiger charge is 2.25. The van der Waals surface area contributed by atoms with Gasteiger partial charge in [-0.25, -0.2) is 14.4 Å². The molecular weight excluding hydrogens is 469 g/mol. The SMILES string of the molecule is O=C(c1cc(-c2ccc(F)cc2)nc2ccccc12)N1CCN(Cc2nc3ccccc3c(=O)[nH]2)CC1. The first-order valence-corrected chi connectivity index (χ1v) is 12.2. The summed E-state index contributed by atoms with van der Waals surface area (Å²) in [7, 11) is 0. The Morgan fingerprint density at radius 3 is 2.22 bits per heavy atom. The van der Waals surface area contributed by atoms with Gasteiger partial charge in [-0.3, -0.25) is 14.5 Å². The van der Waals surface area contributed by atoms with E-state index in [1.54, 1.807) is 24.3 Å². The van der Waals surface area contributed by atoms with Gasteiger partial charge in [-0.1, -0.05) is 30.3 Å². The van der Waals surface area contributed by atoms with Gasteiger partial charge >= 0.3 is 0 Å². The van der Waals surface area contributed by atoms with Crippen LogP contribution in [0.4, 0.5) is 4.39 Å². The number of para-hydroxylation sites is 2. The van der Waals surface area contributed by atoms with E-state index in [9.17, 15) is 14.0 Å². The molecule has 184 valence electrons. The van der Waals surface area contributed by atoms with Crippen LogP contribution in [0.5, 0.6) is 0 Å². The van der Waals surface area contributed by atoms with Crippen LogP contribution in [0, 0.1) is 5.82 Å². The number of nitrogens with zero attached hydrogens (tertiary/aromatic N) is 4. The van der Waals surface area contributed by atoms with E-state index in [-0.39, 0.29) is 17.3 Å². The van der Waals surface area contributed by atoms with Crippen molar-refractivity contribution in [3.8, 4) is 11.3 Å². The topological polar surface area (TPSA) is 82.2 Å². The van der Waals surface area contributed by atoms with E-state index >= 15 is 0 Å². The number of rotatable bonds is 4. The molecule has 8 heteroatoms. The Hall–Kier alpha value is -4.43. The summed E-state index contributed by atoms with van der Waals surface area (Å²) in [5.74, 6) is 0.244. The fourth-order valence-corrected chi connectivity index (χ4v) is 4.82. The number of carbonyl (C=O) groups excluding carboxylic acids is 1. The van der Waals surface area contributed by atoms with E-state index in [1.165, 1.54) is 12.1 Å². The zero-order valence-electron chi connectivity index (χ0n) is 20.0. The van der Waals surface area contributed by atoms with Gasteiger partial charge in [0.1, 0.15) is 11.6 Å². The molecule has 0 spiro atoms. The Balaban J connectivity index is 1.21. The molecule has 7 nitrogen and oxygen atoms in total. The molecule has 3 aromatic carbocycles. The smallest absolute Gasteiger partial charge is 0.258 e. The molecule has 0 bridgehead atoms. The lowest BCUT2D eigenvalue weighted by molar-refractivity contribution is 0.0627. The summed E-state index contributed by atoms with van der Waals surface area (Å²) in [6.45, 7) is 2.94. The first kappa shape index (κ1) is 23.0. The number of halogens is 1. The van der Waals surface area contributed by atoms with Crippen molar-refractivity contribution in [2.24, 2.45) is 0 Å². The molecule has 0 unspecified atom stereocenters. The second kappa shape index (κ2) is 9.55. The molecule has 1 fully saturated rings. The summed E-state index contributed by atoms with van der Waals surface area (Å²) >= 11 is 0. The number of hydrogen-bond donors (Lipinski definition) is 1. The van der Waals surface area contributed by atoms with Crippen molar-refractivity contribution < 1.29 is 9.18 Å². The van der Waals surface area contributed by atoms with Crippen molar-refractivity contribution in [3.63, 3.8) is 0 Å². The van der Waals surface area contributed by atoms with Gasteiger partial charge in [0, 0.05) is 37.1 Å². The number of carbonyl (C=O) groups is 1. The molecule has 2 aromatic heterocycles. The molecule has 1 aliphatic rings. The predicted octanol–water partition coefficient (Wildman–Crippen LogP) is 4.24. The molecule has 1 N–H and O–H groups in total. The maximum absolute atomic E-state index is 13.7. The van der Waals surface area contributed by atoms with Gasteiger partial charge in [-0.15, -0.1) is 0 Å². The minimum atomic E-state index is -0.318. The minimum absolute atomic E-state index is 0.0566. The van der Waals surface area contributed by atoms with Crippen molar-refractivity contribution >= 4 is 27.7 Å². The highest BCUT2D eigenvalue weighted by Crippen LogP contribution is 2.26. The molecule has 5 aromatic rings. The number of hydrogen-bond acceptors (Lipinski definition) is 5. The molecule has 0 atom stereocenters. The van der Waals surface area contributed by atoms with Crippen LogP contribution in [0.25, 0.3) is 33.1 Å². The number of benzene rings is 3. The molecule has 1 aliphatic heterocycles. The van der Waals surface area contributed by atoms with E-state index in [0.717, 1.165) is 16.5 Å². The zero-order chi connectivity index (χ0) is 25.4. The highest BCUT2D eigenvalue weighted by atomic mass is 19.1. The summed E-state index contributed by atoms with van der Waals surface area (Å²) < 4.78 is 13.5. The van der Waals surface area contributed by atoms with Crippen molar-refractivity contribution in [3.05, 3.63) is 106 Å². The van der Waals surface area contributed by atoms with Gasteiger partial charge < -0.3 is 9.88 Å². The average molecular weight is 494 g/mol. The molecular formula is C29H24FN5O2. The largest absolute Gasteiger partial charge is 0.336 e. The molecule has 0 saturated carbocycles. The van der Waals surface area contributed by atoms with E-state index < -0.39 is 0 Å². The van der Waals surface area contributed by atoms with Gasteiger partial charge in [0.15, 0.2) is 0 Å². The first-order chi connectivity index (χ1) is 18.0. The van der Waals surface area contributed by atoms with Crippen LogP contribution < -0.4 is 5.56 Å². The summed E-state index contributed by atoms with van der Waals surface area (Å²) in [6, 6.07) is 22.8. The molecule has 37 heavy (non-hydrogen) atoms. The third-order valence-electron chi connectivity index (χ3n) is 6.78. The predicted molar refractivity (Wildman–Crippen MR) is 141 cm³/mol. The van der Waals surface area contributed by atoms with Gasteiger partial charge in [0.2, 0.25) is 0 Å². The fourth-order valence-electron chi connectivity index (χ4n) is 4.82. The van der Waals surface area contributed by atoms with Crippen molar-refractivity contribution in [1.29, 1.82) is 0 Å². The minimum Gasteiger partial charge on any atom is -0.336 e. The average Bonchev–Trinajstić information content (AvgIpc) is 2.93. The second-order valence-corrected chi connectivity index (χ2v) is 9.18. The number of nitrogens with one attached hydrogen (secondary N) is 1. The number of pyridine rings is 1. The zero-order valence-corrected chi connectivity index (χ0v) is 20.0. The second-order valence-electron chi connectivity index (χ2n) is 9.18. The van der Waals surface area contributed by atoms with Gasteiger partial charge in [-0.05, 0) is 48.5 Å². The number of fused-ring (bicyclic) bond motifs is 2. The number of aromatic amines is 1. The molecule has 0 aliphatic carbocycles. The highest BCUT2D eigenvalue weighted by molar-refractivity contribution is 6.07. The maximum atomic E-state index is 13.7. The van der Waals surface area contributed by atoms with Crippen LogP contribution in [0.3, 0.4) is 0 Å². The van der Waals surface area contributed by atoms with Crippen LogP contribution in [0.15, 0.2) is 83.7 Å². The molecule has 6 rings (SSSR count). The Morgan fingerprint density at radius 1 is 0.838 bits per heavy atom. The monoisotopic (exact) mass is 493 g/mol. The number of aromatic nitrogens is 3. The number of piperazine rings is 1. The molecule has 1 amide bonds. The summed E-state index contributed by atoms with van der Waals surface area (Å²) in [5, 5.41) is 1.37. The first-order valence-electron chi connectivity index (χ1n) is 12.2. The van der Waals surface area contributed by atoms with Gasteiger partial charge in [0.05, 0.1) is 34.2 Å². The van der Waals surface area contributed by atoms with Gasteiger partial charge in [0.25, 0.3) is 11.5 Å². The van der Waals surface area contributed by atoms with Crippen LogP contribution in [0.1, 0.15) is 16.2 Å². The van der Waals surface area contributed by atoms with E-state index in [0.29, 0.717) is 60.7 Å². The van der Waals surface area contributed by atoms with Crippen LogP contribution in [-0.2, 0) is 6.54 Å². The lowest BCUT2D eigenvalue weighted by Gasteiger charge is -2.34. The Morgan fingerprint density at radius 2 is 1.49 bits per heavy atom. The number of H-pyrrole nitrogens is 1. The lowest BCUT2D eigenvalue weighted by atomic mass is 10.0. The molecule has 3 heterocycles. The third kappa shape index (κ3) is 4.59. The van der Waals surface area contributed by atoms with E-state index in [1.807, 2.05) is 47.4 Å².